The van der Waals surface area contributed by atoms with Crippen LogP contribution in [0.5, 0.6) is 0 Å². The molecule has 3 rings (SSSR count). The highest BCUT2D eigenvalue weighted by atomic mass is 32.2. The molecule has 1 saturated heterocycles. The van der Waals surface area contributed by atoms with Crippen LogP contribution in [0.15, 0.2) is 48.5 Å². The number of amides is 2. The lowest BCUT2D eigenvalue weighted by atomic mass is 10.1. The van der Waals surface area contributed by atoms with E-state index >= 15 is 0 Å². The van der Waals surface area contributed by atoms with Crippen molar-refractivity contribution < 1.29 is 29.0 Å². The molecule has 1 N–H and O–H groups in total. The van der Waals surface area contributed by atoms with Crippen molar-refractivity contribution in [2.75, 3.05) is 18.1 Å². The van der Waals surface area contributed by atoms with Gasteiger partial charge in [-0.05, 0) is 61.0 Å². The maximum Gasteiger partial charge on any atom is 0.335 e. The number of rotatable bonds is 8. The van der Waals surface area contributed by atoms with Crippen LogP contribution in [-0.4, -0.2) is 51.6 Å². The smallest absolute Gasteiger partial charge is 0.335 e. The van der Waals surface area contributed by atoms with Gasteiger partial charge in [-0.25, -0.2) is 4.79 Å². The Bertz CT molecular complexity index is 1020. The van der Waals surface area contributed by atoms with Crippen LogP contribution in [0.1, 0.15) is 28.4 Å². The van der Waals surface area contributed by atoms with E-state index in [1.54, 1.807) is 30.0 Å². The fraction of sp³-hybridized carbons (Fsp3) is 0.273. The fourth-order valence-electron chi connectivity index (χ4n) is 3.22. The van der Waals surface area contributed by atoms with Crippen molar-refractivity contribution in [1.29, 1.82) is 0 Å². The Morgan fingerprint density at radius 2 is 1.90 bits per heavy atom. The second kappa shape index (κ2) is 9.65. The second-order valence-electron chi connectivity index (χ2n) is 6.94. The summed E-state index contributed by atoms with van der Waals surface area (Å²) in [5.74, 6) is -2.06. The average molecular weight is 442 g/mol. The molecule has 1 heterocycles. The number of carbonyl (C=O) groups excluding carboxylic acids is 3. The number of nitrogens with zero attached hydrogens (tertiary/aromatic N) is 2. The maximum atomic E-state index is 13.2. The van der Waals surface area contributed by atoms with Gasteiger partial charge in [-0.3, -0.25) is 19.3 Å². The van der Waals surface area contributed by atoms with Gasteiger partial charge in [0.15, 0.2) is 5.37 Å². The summed E-state index contributed by atoms with van der Waals surface area (Å²) in [5, 5.41) is 7.77. The number of aryl methyl sites for hydroxylation is 1. The zero-order valence-corrected chi connectivity index (χ0v) is 17.9. The molecule has 0 spiro atoms. The first kappa shape index (κ1) is 22.4. The molecule has 2 aromatic rings. The van der Waals surface area contributed by atoms with Crippen LogP contribution in [0.3, 0.4) is 0 Å². The number of thioether (sulfide) groups is 1. The summed E-state index contributed by atoms with van der Waals surface area (Å²) < 4.78 is 5.05. The molecule has 2 aromatic carbocycles. The normalized spacial score (nSPS) is 15.8. The molecule has 1 fully saturated rings. The Hall–Kier alpha value is -3.33. The van der Waals surface area contributed by atoms with E-state index in [2.05, 4.69) is 0 Å². The number of ether oxygens (including phenoxy) is 1. The van der Waals surface area contributed by atoms with Crippen LogP contribution in [-0.2, 0) is 20.9 Å². The number of carboxylic acid groups (broad SMARTS) is 1. The van der Waals surface area contributed by atoms with Gasteiger partial charge >= 0.3 is 11.9 Å². The lowest BCUT2D eigenvalue weighted by Gasteiger charge is -2.28. The van der Waals surface area contributed by atoms with Gasteiger partial charge in [0, 0.05) is 5.69 Å². The van der Waals surface area contributed by atoms with Gasteiger partial charge in [-0.1, -0.05) is 24.3 Å². The molecule has 0 aliphatic carbocycles. The zero-order valence-electron chi connectivity index (χ0n) is 17.1. The van der Waals surface area contributed by atoms with Crippen molar-refractivity contribution in [1.82, 2.24) is 4.90 Å². The highest BCUT2D eigenvalue weighted by Gasteiger charge is 2.44. The number of anilines is 1. The molecule has 0 bridgehead atoms. The third-order valence-electron chi connectivity index (χ3n) is 4.65. The monoisotopic (exact) mass is 442 g/mol. The Balaban J connectivity index is 1.86. The fourth-order valence-corrected chi connectivity index (χ4v) is 4.24. The van der Waals surface area contributed by atoms with Crippen molar-refractivity contribution in [2.45, 2.75) is 25.8 Å². The first-order chi connectivity index (χ1) is 14.8. The first-order valence-electron chi connectivity index (χ1n) is 9.63. The molecule has 0 radical (unpaired) electrons. The van der Waals surface area contributed by atoms with Crippen LogP contribution < -0.4 is 4.90 Å². The minimum Gasteiger partial charge on any atom is -0.478 e. The highest BCUT2D eigenvalue weighted by Crippen LogP contribution is 2.34. The number of hydrogen-bond acceptors (Lipinski definition) is 7. The molecule has 162 valence electrons. The summed E-state index contributed by atoms with van der Waals surface area (Å²) in [6, 6.07) is 13.4. The van der Waals surface area contributed by atoms with Gasteiger partial charge in [-0.15, -0.1) is 0 Å². The number of benzene rings is 2. The van der Waals surface area contributed by atoms with Gasteiger partial charge in [0.25, 0.3) is 11.1 Å². The summed E-state index contributed by atoms with van der Waals surface area (Å²) in [5.41, 5.74) is 2.16. The summed E-state index contributed by atoms with van der Waals surface area (Å²) in [4.78, 5) is 51.8. The molecule has 1 atom stereocenters. The maximum absolute atomic E-state index is 13.2. The van der Waals surface area contributed by atoms with Gasteiger partial charge in [0.05, 0.1) is 18.7 Å². The molecular weight excluding hydrogens is 420 g/mol. The van der Waals surface area contributed by atoms with Crippen molar-refractivity contribution in [3.63, 3.8) is 0 Å². The van der Waals surface area contributed by atoms with E-state index in [-0.39, 0.29) is 25.3 Å². The van der Waals surface area contributed by atoms with E-state index in [0.29, 0.717) is 11.3 Å². The van der Waals surface area contributed by atoms with Crippen molar-refractivity contribution in [2.24, 2.45) is 0 Å². The Labute approximate surface area is 183 Å². The molecule has 8 nitrogen and oxygen atoms in total. The topological polar surface area (TPSA) is 104 Å². The summed E-state index contributed by atoms with van der Waals surface area (Å²) >= 11 is 0.820. The van der Waals surface area contributed by atoms with E-state index in [9.17, 15) is 19.2 Å². The quantitative estimate of drug-likeness (QED) is 0.621. The van der Waals surface area contributed by atoms with E-state index in [4.69, 9.17) is 9.84 Å². The van der Waals surface area contributed by atoms with Crippen LogP contribution in [0, 0.1) is 6.92 Å². The predicted molar refractivity (Wildman–Crippen MR) is 116 cm³/mol. The number of hydrogen-bond donors (Lipinski definition) is 1. The standard InChI is InChI=1S/C22H22N2O6S/c1-3-30-18(25)13-23(17-9-4-6-14(2)10-17)20-19(26)24(22(29)31-20)12-15-7-5-8-16(11-15)21(27)28/h4-11,20H,3,12-13H2,1-2H3,(H,27,28)/t20-/m0/s1. The molecule has 9 heteroatoms. The van der Waals surface area contributed by atoms with Gasteiger partial charge < -0.3 is 14.7 Å². The molecule has 2 amide bonds. The molecule has 0 saturated carbocycles. The SMILES string of the molecule is CCOC(=O)CN(c1cccc(C)c1)[C@H]1SC(=O)N(Cc2cccc(C(=O)O)c2)C1=O. The average Bonchev–Trinajstić information content (AvgIpc) is 3.00. The Morgan fingerprint density at radius 3 is 2.58 bits per heavy atom. The predicted octanol–water partition coefficient (Wildman–Crippen LogP) is 3.28. The lowest BCUT2D eigenvalue weighted by Crippen LogP contribution is -2.44. The summed E-state index contributed by atoms with van der Waals surface area (Å²) in [6.07, 6.45) is 0. The van der Waals surface area contributed by atoms with Crippen molar-refractivity contribution in [3.05, 3.63) is 65.2 Å². The first-order valence-corrected chi connectivity index (χ1v) is 10.5. The number of imide groups is 1. The van der Waals surface area contributed by atoms with Gasteiger partial charge in [0.1, 0.15) is 6.54 Å². The highest BCUT2D eigenvalue weighted by molar-refractivity contribution is 8.15. The number of aromatic carboxylic acids is 1. The van der Waals surface area contributed by atoms with Crippen LogP contribution in [0.4, 0.5) is 10.5 Å². The molecule has 31 heavy (non-hydrogen) atoms. The Morgan fingerprint density at radius 1 is 1.16 bits per heavy atom. The van der Waals surface area contributed by atoms with Crippen LogP contribution >= 0.6 is 11.8 Å². The second-order valence-corrected chi connectivity index (χ2v) is 7.97. The van der Waals surface area contributed by atoms with Crippen LogP contribution in [0.2, 0.25) is 0 Å². The summed E-state index contributed by atoms with van der Waals surface area (Å²) in [7, 11) is 0. The third kappa shape index (κ3) is 5.24. The minimum absolute atomic E-state index is 0.0522. The van der Waals surface area contributed by atoms with E-state index in [0.717, 1.165) is 22.2 Å². The van der Waals surface area contributed by atoms with E-state index in [1.807, 2.05) is 25.1 Å². The zero-order chi connectivity index (χ0) is 22.5. The molecule has 1 aliphatic heterocycles. The number of carboxylic acids is 1. The Kier molecular flexibility index (Phi) is 6.96. The number of esters is 1. The molecular formula is C22H22N2O6S. The summed E-state index contributed by atoms with van der Waals surface area (Å²) in [6.45, 7) is 3.56. The third-order valence-corrected chi connectivity index (χ3v) is 5.75. The van der Waals surface area contributed by atoms with Gasteiger partial charge in [0.2, 0.25) is 0 Å². The molecule has 1 aliphatic rings. The van der Waals surface area contributed by atoms with Gasteiger partial charge in [-0.2, -0.15) is 0 Å². The van der Waals surface area contributed by atoms with E-state index < -0.39 is 28.5 Å². The van der Waals surface area contributed by atoms with E-state index in [1.165, 1.54) is 12.1 Å². The van der Waals surface area contributed by atoms with Crippen molar-refractivity contribution >= 4 is 40.5 Å². The minimum atomic E-state index is -1.09. The van der Waals surface area contributed by atoms with Crippen molar-refractivity contribution in [3.8, 4) is 0 Å². The lowest BCUT2D eigenvalue weighted by molar-refractivity contribution is -0.141. The largest absolute Gasteiger partial charge is 0.478 e. The molecule has 0 aromatic heterocycles. The number of carbonyl (C=O) groups is 4. The molecule has 0 unspecified atom stereocenters. The van der Waals surface area contributed by atoms with Crippen LogP contribution in [0.25, 0.3) is 0 Å².